The van der Waals surface area contributed by atoms with Gasteiger partial charge in [0.15, 0.2) is 5.96 Å². The molecule has 1 heterocycles. The number of nitrogens with one attached hydrogen (secondary N) is 3. The third-order valence-corrected chi connectivity index (χ3v) is 4.07. The highest BCUT2D eigenvalue weighted by Gasteiger charge is 2.04. The van der Waals surface area contributed by atoms with Gasteiger partial charge in [0, 0.05) is 45.0 Å². The number of carbonyl (C=O) groups excluding carboxylic acids is 1. The lowest BCUT2D eigenvalue weighted by atomic mass is 10.1. The van der Waals surface area contributed by atoms with E-state index in [4.69, 9.17) is 0 Å². The highest BCUT2D eigenvalue weighted by Crippen LogP contribution is 2.04. The van der Waals surface area contributed by atoms with Crippen LogP contribution in [0.25, 0.3) is 0 Å². The molecule has 7 nitrogen and oxygen atoms in total. The lowest BCUT2D eigenvalue weighted by Gasteiger charge is -2.12. The maximum absolute atomic E-state index is 11.5. The van der Waals surface area contributed by atoms with E-state index in [1.807, 2.05) is 35.9 Å². The van der Waals surface area contributed by atoms with Gasteiger partial charge in [-0.05, 0) is 44.0 Å². The van der Waals surface area contributed by atoms with Crippen LogP contribution >= 0.6 is 24.0 Å². The molecule has 0 unspecified atom stereocenters. The molecule has 0 fully saturated rings. The van der Waals surface area contributed by atoms with Crippen LogP contribution in [0.5, 0.6) is 0 Å². The van der Waals surface area contributed by atoms with Crippen molar-refractivity contribution < 1.29 is 4.79 Å². The number of hydrogen-bond acceptors (Lipinski definition) is 3. The minimum atomic E-state index is -0.0791. The number of aryl methyl sites for hydroxylation is 3. The molecule has 0 bridgehead atoms. The van der Waals surface area contributed by atoms with Crippen LogP contribution < -0.4 is 16.0 Å². The smallest absolute Gasteiger partial charge is 0.251 e. The summed E-state index contributed by atoms with van der Waals surface area (Å²) in [6, 6.07) is 9.60. The Labute approximate surface area is 178 Å². The zero-order chi connectivity index (χ0) is 18.9. The lowest BCUT2D eigenvalue weighted by Crippen LogP contribution is -2.37. The van der Waals surface area contributed by atoms with Crippen LogP contribution in [0.4, 0.5) is 0 Å². The van der Waals surface area contributed by atoms with Gasteiger partial charge in [0.1, 0.15) is 0 Å². The minimum absolute atomic E-state index is 0. The van der Waals surface area contributed by atoms with E-state index in [-0.39, 0.29) is 29.9 Å². The van der Waals surface area contributed by atoms with E-state index >= 15 is 0 Å². The van der Waals surface area contributed by atoms with Crippen LogP contribution in [-0.4, -0.2) is 42.3 Å². The fourth-order valence-corrected chi connectivity index (χ4v) is 2.66. The SMILES string of the molecule is CN=C(NCCCn1nc(C)cc1C)NCc1ccc(C(=O)NC)cc1.I. The van der Waals surface area contributed by atoms with Crippen molar-refractivity contribution in [3.05, 3.63) is 52.8 Å². The van der Waals surface area contributed by atoms with Crippen molar-refractivity contribution in [2.24, 2.45) is 4.99 Å². The molecule has 2 rings (SSSR count). The summed E-state index contributed by atoms with van der Waals surface area (Å²) in [5.74, 6) is 0.679. The molecule has 148 valence electrons. The van der Waals surface area contributed by atoms with Gasteiger partial charge in [-0.15, -0.1) is 24.0 Å². The molecular formula is C19H29IN6O. The van der Waals surface area contributed by atoms with E-state index in [9.17, 15) is 4.79 Å². The third-order valence-electron chi connectivity index (χ3n) is 4.07. The van der Waals surface area contributed by atoms with Crippen LogP contribution in [0.15, 0.2) is 35.3 Å². The standard InChI is InChI=1S/C19H28N6O.HI/c1-14-12-15(2)25(24-14)11-5-10-22-19(21-4)23-13-16-6-8-17(9-7-16)18(26)20-3;/h6-9,12H,5,10-11,13H2,1-4H3,(H,20,26)(H2,21,22,23);1H. The number of rotatable bonds is 7. The van der Waals surface area contributed by atoms with Gasteiger partial charge in [0.05, 0.1) is 5.69 Å². The molecule has 0 saturated carbocycles. The predicted octanol–water partition coefficient (Wildman–Crippen LogP) is 2.23. The summed E-state index contributed by atoms with van der Waals surface area (Å²) in [6.07, 6.45) is 0.962. The summed E-state index contributed by atoms with van der Waals surface area (Å²) in [5, 5.41) is 13.7. The summed E-state index contributed by atoms with van der Waals surface area (Å²) >= 11 is 0. The first kappa shape index (κ1) is 22.9. The van der Waals surface area contributed by atoms with E-state index in [1.54, 1.807) is 14.1 Å². The van der Waals surface area contributed by atoms with Crippen molar-refractivity contribution >= 4 is 35.8 Å². The molecule has 8 heteroatoms. The summed E-state index contributed by atoms with van der Waals surface area (Å²) in [6.45, 7) is 6.42. The fraction of sp³-hybridized carbons (Fsp3) is 0.421. The second kappa shape index (κ2) is 11.6. The Morgan fingerprint density at radius 3 is 2.44 bits per heavy atom. The number of hydrogen-bond donors (Lipinski definition) is 3. The first-order chi connectivity index (χ1) is 12.5. The molecule has 0 aliphatic rings. The summed E-state index contributed by atoms with van der Waals surface area (Å²) < 4.78 is 2.03. The number of nitrogens with zero attached hydrogens (tertiary/aromatic N) is 3. The molecule has 1 aromatic heterocycles. The van der Waals surface area contributed by atoms with Gasteiger partial charge in [-0.3, -0.25) is 14.5 Å². The Kier molecular flexibility index (Phi) is 9.84. The summed E-state index contributed by atoms with van der Waals surface area (Å²) in [4.78, 5) is 15.8. The molecule has 0 aliphatic carbocycles. The van der Waals surface area contributed by atoms with Gasteiger partial charge >= 0.3 is 0 Å². The van der Waals surface area contributed by atoms with E-state index in [0.29, 0.717) is 12.1 Å². The Balaban J connectivity index is 0.00000364. The Bertz CT molecular complexity index is 754. The molecule has 1 aromatic carbocycles. The molecule has 3 N–H and O–H groups in total. The predicted molar refractivity (Wildman–Crippen MR) is 120 cm³/mol. The van der Waals surface area contributed by atoms with Crippen molar-refractivity contribution in [1.82, 2.24) is 25.7 Å². The van der Waals surface area contributed by atoms with Gasteiger partial charge in [-0.1, -0.05) is 12.1 Å². The van der Waals surface area contributed by atoms with Gasteiger partial charge in [-0.2, -0.15) is 5.10 Å². The summed E-state index contributed by atoms with van der Waals surface area (Å²) in [7, 11) is 3.38. The zero-order valence-corrected chi connectivity index (χ0v) is 18.7. The van der Waals surface area contributed by atoms with Crippen LogP contribution in [0.2, 0.25) is 0 Å². The largest absolute Gasteiger partial charge is 0.356 e. The lowest BCUT2D eigenvalue weighted by molar-refractivity contribution is 0.0963. The minimum Gasteiger partial charge on any atom is -0.356 e. The van der Waals surface area contributed by atoms with Gasteiger partial charge in [0.2, 0.25) is 0 Å². The first-order valence-electron chi connectivity index (χ1n) is 8.80. The molecule has 0 saturated heterocycles. The average Bonchev–Trinajstić information content (AvgIpc) is 2.98. The molecule has 27 heavy (non-hydrogen) atoms. The van der Waals surface area contributed by atoms with Crippen molar-refractivity contribution in [2.45, 2.75) is 33.4 Å². The number of halogens is 1. The van der Waals surface area contributed by atoms with Crippen LogP contribution in [0, 0.1) is 13.8 Å². The highest BCUT2D eigenvalue weighted by molar-refractivity contribution is 14.0. The van der Waals surface area contributed by atoms with Crippen LogP contribution in [0.3, 0.4) is 0 Å². The summed E-state index contributed by atoms with van der Waals surface area (Å²) in [5.41, 5.74) is 3.98. The van der Waals surface area contributed by atoms with Crippen molar-refractivity contribution in [3.8, 4) is 0 Å². The number of benzene rings is 1. The number of guanidine groups is 1. The van der Waals surface area contributed by atoms with E-state index in [0.717, 1.165) is 36.7 Å². The second-order valence-corrected chi connectivity index (χ2v) is 6.13. The molecule has 1 amide bonds. The average molecular weight is 484 g/mol. The van der Waals surface area contributed by atoms with E-state index in [2.05, 4.69) is 39.0 Å². The zero-order valence-electron chi connectivity index (χ0n) is 16.4. The number of carbonyl (C=O) groups is 1. The number of amides is 1. The Hall–Kier alpha value is -2.10. The number of aliphatic imine (C=N–C) groups is 1. The van der Waals surface area contributed by atoms with Crippen LogP contribution in [-0.2, 0) is 13.1 Å². The fourth-order valence-electron chi connectivity index (χ4n) is 2.66. The van der Waals surface area contributed by atoms with Crippen molar-refractivity contribution in [1.29, 1.82) is 0 Å². The van der Waals surface area contributed by atoms with E-state index in [1.165, 1.54) is 5.69 Å². The molecular weight excluding hydrogens is 455 g/mol. The monoisotopic (exact) mass is 484 g/mol. The molecule has 0 atom stereocenters. The van der Waals surface area contributed by atoms with Gasteiger partial charge < -0.3 is 16.0 Å². The second-order valence-electron chi connectivity index (χ2n) is 6.13. The maximum atomic E-state index is 11.5. The quantitative estimate of drug-likeness (QED) is 0.244. The molecule has 0 aliphatic heterocycles. The van der Waals surface area contributed by atoms with Gasteiger partial charge in [0.25, 0.3) is 5.91 Å². The maximum Gasteiger partial charge on any atom is 0.251 e. The Morgan fingerprint density at radius 2 is 1.89 bits per heavy atom. The first-order valence-corrected chi connectivity index (χ1v) is 8.80. The Morgan fingerprint density at radius 1 is 1.19 bits per heavy atom. The van der Waals surface area contributed by atoms with Crippen molar-refractivity contribution in [3.63, 3.8) is 0 Å². The third kappa shape index (κ3) is 7.20. The van der Waals surface area contributed by atoms with Gasteiger partial charge in [-0.25, -0.2) is 0 Å². The molecule has 0 radical (unpaired) electrons. The van der Waals surface area contributed by atoms with E-state index < -0.39 is 0 Å². The topological polar surface area (TPSA) is 83.3 Å². The normalized spacial score (nSPS) is 10.9. The highest BCUT2D eigenvalue weighted by atomic mass is 127. The molecule has 2 aromatic rings. The van der Waals surface area contributed by atoms with Crippen molar-refractivity contribution in [2.75, 3.05) is 20.6 Å². The number of aromatic nitrogens is 2. The van der Waals surface area contributed by atoms with Crippen LogP contribution in [0.1, 0.15) is 33.7 Å². The molecule has 0 spiro atoms.